The zero-order chi connectivity index (χ0) is 17.6. The summed E-state index contributed by atoms with van der Waals surface area (Å²) in [5.41, 5.74) is 8.24. The number of nitrogens with zero attached hydrogens (tertiary/aromatic N) is 3. The average Bonchev–Trinajstić information content (AvgIpc) is 2.67. The van der Waals surface area contributed by atoms with Crippen LogP contribution in [-0.2, 0) is 6.54 Å². The van der Waals surface area contributed by atoms with E-state index in [2.05, 4.69) is 14.8 Å². The van der Waals surface area contributed by atoms with Crippen LogP contribution < -0.4 is 15.4 Å². The molecule has 1 aliphatic heterocycles. The summed E-state index contributed by atoms with van der Waals surface area (Å²) >= 11 is 0. The maximum Gasteiger partial charge on any atom is 0.191 e. The van der Waals surface area contributed by atoms with E-state index in [1.54, 1.807) is 7.11 Å². The Kier molecular flexibility index (Phi) is 7.50. The maximum atomic E-state index is 13.0. The molecule has 1 saturated heterocycles. The molecule has 5 nitrogen and oxygen atoms in total. The number of nitrogens with two attached hydrogens (primary N) is 1. The van der Waals surface area contributed by atoms with Crippen LogP contribution in [0.2, 0.25) is 0 Å². The number of guanidine groups is 1. The van der Waals surface area contributed by atoms with Crippen LogP contribution in [-0.4, -0.2) is 44.1 Å². The van der Waals surface area contributed by atoms with Crippen LogP contribution >= 0.6 is 24.0 Å². The first-order valence-corrected chi connectivity index (χ1v) is 8.34. The highest BCUT2D eigenvalue weighted by atomic mass is 127. The van der Waals surface area contributed by atoms with Crippen LogP contribution in [0.1, 0.15) is 5.56 Å². The molecule has 0 unspecified atom stereocenters. The molecule has 0 radical (unpaired) electrons. The molecular formula is C19H24FIN4O. The molecule has 0 aliphatic carbocycles. The highest BCUT2D eigenvalue weighted by Crippen LogP contribution is 2.17. The first-order valence-electron chi connectivity index (χ1n) is 8.34. The number of anilines is 1. The topological polar surface area (TPSA) is 54.1 Å². The Morgan fingerprint density at radius 1 is 1.12 bits per heavy atom. The second kappa shape index (κ2) is 9.61. The fourth-order valence-electron chi connectivity index (χ4n) is 2.89. The van der Waals surface area contributed by atoms with Crippen LogP contribution in [0, 0.1) is 5.82 Å². The fraction of sp³-hybridized carbons (Fsp3) is 0.316. The van der Waals surface area contributed by atoms with Gasteiger partial charge in [-0.2, -0.15) is 0 Å². The SMILES string of the molecule is COc1cccc(CN=C(N)N2CCN(c3ccc(F)cc3)CC2)c1.I. The van der Waals surface area contributed by atoms with Crippen molar-refractivity contribution in [3.8, 4) is 5.75 Å². The lowest BCUT2D eigenvalue weighted by molar-refractivity contribution is 0.380. The molecule has 0 spiro atoms. The van der Waals surface area contributed by atoms with Gasteiger partial charge in [-0.15, -0.1) is 24.0 Å². The van der Waals surface area contributed by atoms with E-state index >= 15 is 0 Å². The summed E-state index contributed by atoms with van der Waals surface area (Å²) in [5.74, 6) is 1.16. The van der Waals surface area contributed by atoms with E-state index in [0.29, 0.717) is 12.5 Å². The number of aliphatic imine (C=N–C) groups is 1. The number of ether oxygens (including phenoxy) is 1. The molecule has 2 aromatic rings. The van der Waals surface area contributed by atoms with Gasteiger partial charge in [0.1, 0.15) is 11.6 Å². The molecule has 3 rings (SSSR count). The maximum absolute atomic E-state index is 13.0. The Hall–Kier alpha value is -2.03. The molecule has 0 bridgehead atoms. The number of hydrogen-bond donors (Lipinski definition) is 1. The van der Waals surface area contributed by atoms with Gasteiger partial charge in [-0.1, -0.05) is 12.1 Å². The summed E-state index contributed by atoms with van der Waals surface area (Å²) in [6, 6.07) is 14.4. The van der Waals surface area contributed by atoms with Crippen molar-refractivity contribution in [3.05, 3.63) is 59.9 Å². The normalized spacial score (nSPS) is 14.8. The molecule has 0 aromatic heterocycles. The third-order valence-corrected chi connectivity index (χ3v) is 4.35. The van der Waals surface area contributed by atoms with Crippen LogP contribution in [0.3, 0.4) is 0 Å². The van der Waals surface area contributed by atoms with E-state index in [9.17, 15) is 4.39 Å². The van der Waals surface area contributed by atoms with Crippen molar-refractivity contribution in [1.82, 2.24) is 4.90 Å². The molecule has 140 valence electrons. The quantitative estimate of drug-likeness (QED) is 0.424. The molecule has 0 atom stereocenters. The van der Waals surface area contributed by atoms with E-state index < -0.39 is 0 Å². The highest BCUT2D eigenvalue weighted by molar-refractivity contribution is 14.0. The van der Waals surface area contributed by atoms with Gasteiger partial charge in [-0.3, -0.25) is 0 Å². The lowest BCUT2D eigenvalue weighted by Gasteiger charge is -2.36. The van der Waals surface area contributed by atoms with Crippen molar-refractivity contribution in [1.29, 1.82) is 0 Å². The fourth-order valence-corrected chi connectivity index (χ4v) is 2.89. The molecule has 7 heteroatoms. The minimum atomic E-state index is -0.212. The van der Waals surface area contributed by atoms with E-state index in [1.807, 2.05) is 36.4 Å². The zero-order valence-corrected chi connectivity index (χ0v) is 17.1. The van der Waals surface area contributed by atoms with Gasteiger partial charge < -0.3 is 20.3 Å². The molecule has 2 N–H and O–H groups in total. The Morgan fingerprint density at radius 2 is 1.81 bits per heavy atom. The standard InChI is InChI=1S/C19H23FN4O.HI/c1-25-18-4-2-3-15(13-18)14-22-19(21)24-11-9-23(10-12-24)17-7-5-16(20)6-8-17;/h2-8,13H,9-12,14H2,1H3,(H2,21,22);1H. The largest absolute Gasteiger partial charge is 0.497 e. The van der Waals surface area contributed by atoms with Crippen LogP contribution in [0.25, 0.3) is 0 Å². The molecule has 0 saturated carbocycles. The number of hydrogen-bond acceptors (Lipinski definition) is 3. The van der Waals surface area contributed by atoms with E-state index in [0.717, 1.165) is 43.2 Å². The highest BCUT2D eigenvalue weighted by Gasteiger charge is 2.18. The van der Waals surface area contributed by atoms with E-state index in [1.165, 1.54) is 12.1 Å². The van der Waals surface area contributed by atoms with Gasteiger partial charge in [0.25, 0.3) is 0 Å². The molecule has 2 aromatic carbocycles. The van der Waals surface area contributed by atoms with Crippen molar-refractivity contribution in [2.24, 2.45) is 10.7 Å². The molecular weight excluding hydrogens is 446 g/mol. The number of benzene rings is 2. The first-order chi connectivity index (χ1) is 12.2. The van der Waals surface area contributed by atoms with Gasteiger partial charge in [0.2, 0.25) is 0 Å². The summed E-state index contributed by atoms with van der Waals surface area (Å²) < 4.78 is 18.2. The Labute approximate surface area is 170 Å². The Morgan fingerprint density at radius 3 is 2.46 bits per heavy atom. The molecule has 1 heterocycles. The third kappa shape index (κ3) is 5.23. The molecule has 1 aliphatic rings. The summed E-state index contributed by atoms with van der Waals surface area (Å²) in [4.78, 5) is 8.81. The molecule has 26 heavy (non-hydrogen) atoms. The molecule has 1 fully saturated rings. The summed E-state index contributed by atoms with van der Waals surface area (Å²) in [7, 11) is 1.65. The molecule has 0 amide bonds. The zero-order valence-electron chi connectivity index (χ0n) is 14.8. The van der Waals surface area contributed by atoms with Crippen molar-refractivity contribution >= 4 is 35.6 Å². The number of piperazine rings is 1. The van der Waals surface area contributed by atoms with Gasteiger partial charge in [0.05, 0.1) is 13.7 Å². The number of halogens is 2. The van der Waals surface area contributed by atoms with Crippen molar-refractivity contribution < 1.29 is 9.13 Å². The predicted molar refractivity (Wildman–Crippen MR) is 114 cm³/mol. The lowest BCUT2D eigenvalue weighted by Crippen LogP contribution is -2.51. The van der Waals surface area contributed by atoms with Crippen LogP contribution in [0.4, 0.5) is 10.1 Å². The Bertz CT molecular complexity index is 731. The van der Waals surface area contributed by atoms with E-state index in [4.69, 9.17) is 10.5 Å². The monoisotopic (exact) mass is 470 g/mol. The second-order valence-corrected chi connectivity index (χ2v) is 5.98. The van der Waals surface area contributed by atoms with Crippen LogP contribution in [0.15, 0.2) is 53.5 Å². The van der Waals surface area contributed by atoms with Crippen molar-refractivity contribution in [2.75, 3.05) is 38.2 Å². The Balaban J connectivity index is 0.00000243. The number of methoxy groups -OCH3 is 1. The summed E-state index contributed by atoms with van der Waals surface area (Å²) in [5, 5.41) is 0. The van der Waals surface area contributed by atoms with Crippen LogP contribution in [0.5, 0.6) is 5.75 Å². The summed E-state index contributed by atoms with van der Waals surface area (Å²) in [6.07, 6.45) is 0. The van der Waals surface area contributed by atoms with Gasteiger partial charge in [0, 0.05) is 31.9 Å². The minimum absolute atomic E-state index is 0. The predicted octanol–water partition coefficient (Wildman–Crippen LogP) is 3.09. The first kappa shape index (κ1) is 20.3. The van der Waals surface area contributed by atoms with Crippen molar-refractivity contribution in [2.45, 2.75) is 6.54 Å². The number of rotatable bonds is 4. The van der Waals surface area contributed by atoms with Gasteiger partial charge in [-0.05, 0) is 42.0 Å². The second-order valence-electron chi connectivity index (χ2n) is 5.98. The van der Waals surface area contributed by atoms with Crippen molar-refractivity contribution in [3.63, 3.8) is 0 Å². The average molecular weight is 470 g/mol. The van der Waals surface area contributed by atoms with E-state index in [-0.39, 0.29) is 29.8 Å². The third-order valence-electron chi connectivity index (χ3n) is 4.35. The van der Waals surface area contributed by atoms with Gasteiger partial charge in [0.15, 0.2) is 5.96 Å². The summed E-state index contributed by atoms with van der Waals surface area (Å²) in [6.45, 7) is 3.79. The smallest absolute Gasteiger partial charge is 0.191 e. The van der Waals surface area contributed by atoms with Gasteiger partial charge >= 0.3 is 0 Å². The van der Waals surface area contributed by atoms with Gasteiger partial charge in [-0.25, -0.2) is 9.38 Å². The lowest BCUT2D eigenvalue weighted by atomic mass is 10.2. The minimum Gasteiger partial charge on any atom is -0.497 e.